The van der Waals surface area contributed by atoms with Crippen LogP contribution in [-0.2, 0) is 26.2 Å². The molecule has 0 spiro atoms. The molecule has 0 aliphatic rings. The molecule has 0 aliphatic heterocycles. The molecule has 38 heavy (non-hydrogen) atoms. The Morgan fingerprint density at radius 2 is 1.39 bits per heavy atom. The van der Waals surface area contributed by atoms with Crippen molar-refractivity contribution in [3.8, 4) is 0 Å². The topological polar surface area (TPSA) is 86.8 Å². The fourth-order valence-corrected chi connectivity index (χ4v) is 5.57. The van der Waals surface area contributed by atoms with E-state index in [1.54, 1.807) is 54.6 Å². The number of hydrogen-bond donors (Lipinski definition) is 1. The first-order chi connectivity index (χ1) is 18.0. The Kier molecular flexibility index (Phi) is 9.69. The Morgan fingerprint density at radius 3 is 1.92 bits per heavy atom. The van der Waals surface area contributed by atoms with Crippen LogP contribution >= 0.6 is 0 Å². The van der Waals surface area contributed by atoms with Gasteiger partial charge in [-0.15, -0.1) is 0 Å². The van der Waals surface area contributed by atoms with Gasteiger partial charge in [0.1, 0.15) is 12.6 Å². The first kappa shape index (κ1) is 28.9. The summed E-state index contributed by atoms with van der Waals surface area (Å²) >= 11 is 0. The highest BCUT2D eigenvalue weighted by Gasteiger charge is 2.33. The SMILES string of the molecule is CCC(C(=O)NC(C)C)N(Cc1ccc(C)cc1)C(=O)CN(c1ccccc1)S(=O)(=O)c1ccc(C)cc1. The summed E-state index contributed by atoms with van der Waals surface area (Å²) in [4.78, 5) is 28.7. The molecular weight excluding hydrogens is 498 g/mol. The fourth-order valence-electron chi connectivity index (χ4n) is 4.15. The largest absolute Gasteiger partial charge is 0.352 e. The van der Waals surface area contributed by atoms with Gasteiger partial charge in [-0.3, -0.25) is 13.9 Å². The number of rotatable bonds is 11. The maximum atomic E-state index is 14.0. The molecule has 8 heteroatoms. The van der Waals surface area contributed by atoms with Crippen molar-refractivity contribution >= 4 is 27.5 Å². The Bertz CT molecular complexity index is 1320. The van der Waals surface area contributed by atoms with Gasteiger partial charge in [-0.05, 0) is 63.9 Å². The second-order valence-corrected chi connectivity index (χ2v) is 11.6. The van der Waals surface area contributed by atoms with E-state index < -0.39 is 28.5 Å². The Hall–Kier alpha value is -3.65. The van der Waals surface area contributed by atoms with E-state index in [0.29, 0.717) is 12.1 Å². The average molecular weight is 536 g/mol. The predicted molar refractivity (Wildman–Crippen MR) is 151 cm³/mol. The number of hydrogen-bond acceptors (Lipinski definition) is 4. The molecule has 3 aromatic rings. The van der Waals surface area contributed by atoms with Crippen LogP contribution in [0.15, 0.2) is 83.8 Å². The van der Waals surface area contributed by atoms with E-state index in [1.165, 1.54) is 4.90 Å². The number of carbonyl (C=O) groups is 2. The highest BCUT2D eigenvalue weighted by atomic mass is 32.2. The van der Waals surface area contributed by atoms with Crippen molar-refractivity contribution in [2.24, 2.45) is 0 Å². The third kappa shape index (κ3) is 7.22. The van der Waals surface area contributed by atoms with Gasteiger partial charge in [0.2, 0.25) is 11.8 Å². The molecule has 1 N–H and O–H groups in total. The highest BCUT2D eigenvalue weighted by Crippen LogP contribution is 2.25. The molecule has 202 valence electrons. The molecule has 0 bridgehead atoms. The Morgan fingerprint density at radius 1 is 0.842 bits per heavy atom. The lowest BCUT2D eigenvalue weighted by Gasteiger charge is -2.33. The molecule has 0 aromatic heterocycles. The van der Waals surface area contributed by atoms with Gasteiger partial charge in [0, 0.05) is 12.6 Å². The molecule has 0 saturated carbocycles. The van der Waals surface area contributed by atoms with Crippen molar-refractivity contribution in [3.63, 3.8) is 0 Å². The minimum atomic E-state index is -4.06. The normalized spacial score (nSPS) is 12.2. The summed E-state index contributed by atoms with van der Waals surface area (Å²) in [7, 11) is -4.06. The third-order valence-corrected chi connectivity index (χ3v) is 8.01. The van der Waals surface area contributed by atoms with E-state index in [1.807, 2.05) is 58.9 Å². The number of amides is 2. The van der Waals surface area contributed by atoms with Crippen molar-refractivity contribution in [1.82, 2.24) is 10.2 Å². The minimum Gasteiger partial charge on any atom is -0.352 e. The molecule has 0 aliphatic carbocycles. The summed E-state index contributed by atoms with van der Waals surface area (Å²) in [5.41, 5.74) is 3.23. The van der Waals surface area contributed by atoms with Crippen LogP contribution < -0.4 is 9.62 Å². The van der Waals surface area contributed by atoms with Crippen LogP contribution in [0.25, 0.3) is 0 Å². The number of nitrogens with zero attached hydrogens (tertiary/aromatic N) is 2. The first-order valence-electron chi connectivity index (χ1n) is 12.8. The van der Waals surface area contributed by atoms with Crippen LogP contribution in [0.3, 0.4) is 0 Å². The van der Waals surface area contributed by atoms with Gasteiger partial charge in [-0.2, -0.15) is 0 Å². The smallest absolute Gasteiger partial charge is 0.264 e. The molecule has 3 rings (SSSR count). The summed E-state index contributed by atoms with van der Waals surface area (Å²) in [6.45, 7) is 9.16. The van der Waals surface area contributed by atoms with E-state index in [-0.39, 0.29) is 23.4 Å². The molecule has 2 amide bonds. The predicted octanol–water partition coefficient (Wildman–Crippen LogP) is 4.83. The fraction of sp³-hybridized carbons (Fsp3) is 0.333. The Balaban J connectivity index is 2.03. The molecule has 3 aromatic carbocycles. The lowest BCUT2D eigenvalue weighted by molar-refractivity contribution is -0.140. The zero-order valence-electron chi connectivity index (χ0n) is 22.7. The molecule has 1 atom stereocenters. The lowest BCUT2D eigenvalue weighted by Crippen LogP contribution is -2.53. The number of aryl methyl sites for hydroxylation is 2. The van der Waals surface area contributed by atoms with Crippen LogP contribution in [0, 0.1) is 13.8 Å². The van der Waals surface area contributed by atoms with Crippen LogP contribution in [0.4, 0.5) is 5.69 Å². The molecule has 7 nitrogen and oxygen atoms in total. The van der Waals surface area contributed by atoms with E-state index in [4.69, 9.17) is 0 Å². The van der Waals surface area contributed by atoms with E-state index >= 15 is 0 Å². The summed E-state index contributed by atoms with van der Waals surface area (Å²) in [6.07, 6.45) is 0.381. The second kappa shape index (κ2) is 12.7. The number of sulfonamides is 1. The maximum Gasteiger partial charge on any atom is 0.264 e. The third-order valence-electron chi connectivity index (χ3n) is 6.22. The number of anilines is 1. The van der Waals surface area contributed by atoms with Crippen molar-refractivity contribution in [2.45, 2.75) is 64.6 Å². The molecular formula is C30H37N3O4S. The van der Waals surface area contributed by atoms with Gasteiger partial charge >= 0.3 is 0 Å². The number of nitrogens with one attached hydrogen (secondary N) is 1. The van der Waals surface area contributed by atoms with Gasteiger partial charge in [0.05, 0.1) is 10.6 Å². The number of para-hydroxylation sites is 1. The van der Waals surface area contributed by atoms with Crippen LogP contribution in [-0.4, -0.2) is 43.8 Å². The zero-order chi connectivity index (χ0) is 27.9. The molecule has 0 fully saturated rings. The van der Waals surface area contributed by atoms with E-state index in [9.17, 15) is 18.0 Å². The number of carbonyl (C=O) groups excluding carboxylic acids is 2. The average Bonchev–Trinajstić information content (AvgIpc) is 2.88. The highest BCUT2D eigenvalue weighted by molar-refractivity contribution is 7.92. The summed E-state index contributed by atoms with van der Waals surface area (Å²) < 4.78 is 28.7. The zero-order valence-corrected chi connectivity index (χ0v) is 23.5. The van der Waals surface area contributed by atoms with Gasteiger partial charge < -0.3 is 10.2 Å². The monoisotopic (exact) mass is 535 g/mol. The second-order valence-electron chi connectivity index (χ2n) is 9.75. The summed E-state index contributed by atoms with van der Waals surface area (Å²) in [6, 6.07) is 22.0. The quantitative estimate of drug-likeness (QED) is 0.381. The van der Waals surface area contributed by atoms with Gasteiger partial charge in [0.15, 0.2) is 0 Å². The lowest BCUT2D eigenvalue weighted by atomic mass is 10.1. The van der Waals surface area contributed by atoms with Gasteiger partial charge in [-0.1, -0.05) is 72.6 Å². The minimum absolute atomic E-state index is 0.0921. The van der Waals surface area contributed by atoms with E-state index in [2.05, 4.69) is 5.32 Å². The molecule has 0 radical (unpaired) electrons. The van der Waals surface area contributed by atoms with Gasteiger partial charge in [-0.25, -0.2) is 8.42 Å². The first-order valence-corrected chi connectivity index (χ1v) is 14.3. The van der Waals surface area contributed by atoms with E-state index in [0.717, 1.165) is 21.0 Å². The Labute approximate surface area is 226 Å². The van der Waals surface area contributed by atoms with Crippen molar-refractivity contribution in [1.29, 1.82) is 0 Å². The molecule has 0 saturated heterocycles. The van der Waals surface area contributed by atoms with Crippen LogP contribution in [0.5, 0.6) is 0 Å². The molecule has 0 heterocycles. The van der Waals surface area contributed by atoms with Crippen LogP contribution in [0.2, 0.25) is 0 Å². The summed E-state index contributed by atoms with van der Waals surface area (Å²) in [5, 5.41) is 2.91. The van der Waals surface area contributed by atoms with Crippen molar-refractivity contribution in [2.75, 3.05) is 10.8 Å². The van der Waals surface area contributed by atoms with Gasteiger partial charge in [0.25, 0.3) is 10.0 Å². The van der Waals surface area contributed by atoms with Crippen LogP contribution in [0.1, 0.15) is 43.9 Å². The number of benzene rings is 3. The van der Waals surface area contributed by atoms with Crippen molar-refractivity contribution in [3.05, 3.63) is 95.6 Å². The molecule has 1 unspecified atom stereocenters. The summed E-state index contributed by atoms with van der Waals surface area (Å²) in [5.74, 6) is -0.730. The standard InChI is InChI=1S/C30H37N3O4S/c1-6-28(30(35)31-22(2)3)32(20-25-16-12-23(4)13-17-25)29(34)21-33(26-10-8-7-9-11-26)38(36,37)27-18-14-24(5)15-19-27/h7-19,22,28H,6,20-21H2,1-5H3,(H,31,35). The van der Waals surface area contributed by atoms with Crippen molar-refractivity contribution < 1.29 is 18.0 Å². The maximum absolute atomic E-state index is 14.0.